The summed E-state index contributed by atoms with van der Waals surface area (Å²) in [6.45, 7) is 0.513. The van der Waals surface area contributed by atoms with Gasteiger partial charge in [0.15, 0.2) is 0 Å². The third-order valence-electron chi connectivity index (χ3n) is 4.93. The largest absolute Gasteiger partial charge is 0.495 e. The first-order chi connectivity index (χ1) is 15.3. The highest BCUT2D eigenvalue weighted by molar-refractivity contribution is 7.90. The van der Waals surface area contributed by atoms with Gasteiger partial charge in [0.1, 0.15) is 10.6 Å². The summed E-state index contributed by atoms with van der Waals surface area (Å²) in [5.41, 5.74) is 2.62. The second kappa shape index (κ2) is 8.99. The number of pyridine rings is 1. The summed E-state index contributed by atoms with van der Waals surface area (Å²) in [7, 11) is -0.514. The van der Waals surface area contributed by atoms with E-state index in [1.165, 1.54) is 29.5 Å². The predicted octanol–water partition coefficient (Wildman–Crippen LogP) is 5.05. The number of anilines is 2. The van der Waals surface area contributed by atoms with E-state index in [-0.39, 0.29) is 4.90 Å². The van der Waals surface area contributed by atoms with Crippen molar-refractivity contribution in [3.05, 3.63) is 76.7 Å². The van der Waals surface area contributed by atoms with Crippen molar-refractivity contribution < 1.29 is 13.2 Å². The van der Waals surface area contributed by atoms with E-state index in [1.54, 1.807) is 30.5 Å². The summed E-state index contributed by atoms with van der Waals surface area (Å²) < 4.78 is 33.2. The average Bonchev–Trinajstić information content (AvgIpc) is 3.15. The molecule has 2 N–H and O–H groups in total. The van der Waals surface area contributed by atoms with Crippen molar-refractivity contribution in [2.75, 3.05) is 19.5 Å². The third kappa shape index (κ3) is 4.14. The van der Waals surface area contributed by atoms with E-state index in [0.29, 0.717) is 39.2 Å². The Balaban J connectivity index is 1.84. The Morgan fingerprint density at radius 1 is 1.12 bits per heavy atom. The number of methoxy groups -OCH3 is 1. The molecule has 0 atom stereocenters. The van der Waals surface area contributed by atoms with E-state index < -0.39 is 10.0 Å². The number of hydrogen-bond donors (Lipinski definition) is 2. The molecule has 0 radical (unpaired) electrons. The van der Waals surface area contributed by atoms with Crippen LogP contribution in [-0.2, 0) is 16.6 Å². The van der Waals surface area contributed by atoms with E-state index >= 15 is 0 Å². The van der Waals surface area contributed by atoms with Crippen molar-refractivity contribution in [1.29, 1.82) is 0 Å². The molecular weight excluding hydrogens is 471 g/mol. The fourth-order valence-electron chi connectivity index (χ4n) is 3.42. The molecular formula is C22H20Cl2N4O3S. The Kier molecular flexibility index (Phi) is 6.30. The van der Waals surface area contributed by atoms with Gasteiger partial charge in [0.25, 0.3) is 10.0 Å². The highest BCUT2D eigenvalue weighted by atomic mass is 35.5. The maximum absolute atomic E-state index is 13.3. The summed E-state index contributed by atoms with van der Waals surface area (Å²) in [6.07, 6.45) is 4.50. The number of aromatic nitrogens is 2. The number of benzene rings is 2. The minimum atomic E-state index is -3.84. The molecule has 32 heavy (non-hydrogen) atoms. The molecule has 2 aromatic heterocycles. The smallest absolute Gasteiger partial charge is 0.269 e. The maximum atomic E-state index is 13.3. The van der Waals surface area contributed by atoms with Gasteiger partial charge in [0.05, 0.1) is 28.4 Å². The lowest BCUT2D eigenvalue weighted by Gasteiger charge is -2.13. The highest BCUT2D eigenvalue weighted by Crippen LogP contribution is 2.36. The van der Waals surface area contributed by atoms with Gasteiger partial charge >= 0.3 is 0 Å². The van der Waals surface area contributed by atoms with Crippen molar-refractivity contribution in [3.8, 4) is 5.75 Å². The van der Waals surface area contributed by atoms with Gasteiger partial charge in [-0.3, -0.25) is 4.98 Å². The molecule has 2 aromatic carbocycles. The third-order valence-corrected chi connectivity index (χ3v) is 7.20. The average molecular weight is 491 g/mol. The number of ether oxygens (including phenoxy) is 1. The number of nitrogens with zero attached hydrogens (tertiary/aromatic N) is 2. The van der Waals surface area contributed by atoms with Crippen molar-refractivity contribution in [1.82, 2.24) is 14.3 Å². The zero-order chi connectivity index (χ0) is 22.9. The molecule has 0 aliphatic rings. The molecule has 0 saturated carbocycles. The Hall–Kier alpha value is -2.78. The number of fused-ring (bicyclic) bond motifs is 1. The molecule has 0 saturated heterocycles. The lowest BCUT2D eigenvalue weighted by Crippen LogP contribution is -2.12. The molecule has 4 rings (SSSR count). The first kappa shape index (κ1) is 22.4. The van der Waals surface area contributed by atoms with Crippen LogP contribution in [0.3, 0.4) is 0 Å². The minimum absolute atomic E-state index is 0.108. The van der Waals surface area contributed by atoms with Crippen molar-refractivity contribution in [3.63, 3.8) is 0 Å². The standard InChI is InChI=1S/C22H20Cl2N4O3S/c1-25-11-14-13-28(32(29,30)16-4-3-7-26-12-16)21-8-15(5-6-17(14)21)27-20-10-22(31-2)19(24)9-18(20)23/h3-10,12-13,25,27H,11H2,1-2H3. The lowest BCUT2D eigenvalue weighted by atomic mass is 10.1. The van der Waals surface area contributed by atoms with Crippen LogP contribution in [0, 0.1) is 0 Å². The van der Waals surface area contributed by atoms with E-state index in [1.807, 2.05) is 19.2 Å². The van der Waals surface area contributed by atoms with Crippen LogP contribution >= 0.6 is 23.2 Å². The normalized spacial score (nSPS) is 11.6. The van der Waals surface area contributed by atoms with Gasteiger partial charge in [-0.1, -0.05) is 29.3 Å². The van der Waals surface area contributed by atoms with Crippen LogP contribution in [0.5, 0.6) is 5.75 Å². The van der Waals surface area contributed by atoms with Crippen LogP contribution in [-0.4, -0.2) is 31.5 Å². The molecule has 0 unspecified atom stereocenters. The van der Waals surface area contributed by atoms with Crippen LogP contribution in [0.2, 0.25) is 10.0 Å². The molecule has 7 nitrogen and oxygen atoms in total. The van der Waals surface area contributed by atoms with Crippen LogP contribution in [0.15, 0.2) is 66.0 Å². The van der Waals surface area contributed by atoms with Crippen LogP contribution in [0.1, 0.15) is 5.56 Å². The van der Waals surface area contributed by atoms with Crippen LogP contribution in [0.25, 0.3) is 10.9 Å². The van der Waals surface area contributed by atoms with Gasteiger partial charge in [0.2, 0.25) is 0 Å². The predicted molar refractivity (Wildman–Crippen MR) is 128 cm³/mol. The van der Waals surface area contributed by atoms with E-state index in [0.717, 1.165) is 10.9 Å². The molecule has 0 spiro atoms. The zero-order valence-electron chi connectivity index (χ0n) is 17.3. The van der Waals surface area contributed by atoms with Crippen molar-refractivity contribution in [2.45, 2.75) is 11.4 Å². The topological polar surface area (TPSA) is 85.2 Å². The second-order valence-corrected chi connectivity index (χ2v) is 9.63. The summed E-state index contributed by atoms with van der Waals surface area (Å²) in [6, 6.07) is 11.9. The van der Waals surface area contributed by atoms with Gasteiger partial charge in [-0.25, -0.2) is 12.4 Å². The fourth-order valence-corrected chi connectivity index (χ4v) is 5.28. The molecule has 0 bridgehead atoms. The van der Waals surface area contributed by atoms with Crippen molar-refractivity contribution >= 4 is 55.5 Å². The van der Waals surface area contributed by atoms with Crippen LogP contribution in [0.4, 0.5) is 11.4 Å². The molecule has 4 aromatic rings. The Morgan fingerprint density at radius 2 is 1.94 bits per heavy atom. The summed E-state index contributed by atoms with van der Waals surface area (Å²) in [5.74, 6) is 0.471. The highest BCUT2D eigenvalue weighted by Gasteiger charge is 2.22. The van der Waals surface area contributed by atoms with Gasteiger partial charge in [0, 0.05) is 42.3 Å². The molecule has 0 aliphatic carbocycles. The number of halogens is 2. The number of hydrogen-bond acceptors (Lipinski definition) is 6. The van der Waals surface area contributed by atoms with Crippen molar-refractivity contribution in [2.24, 2.45) is 0 Å². The molecule has 2 heterocycles. The fraction of sp³-hybridized carbons (Fsp3) is 0.136. The summed E-state index contributed by atoms with van der Waals surface area (Å²) in [4.78, 5) is 4.06. The number of nitrogens with one attached hydrogen (secondary N) is 2. The Labute approximate surface area is 196 Å². The minimum Gasteiger partial charge on any atom is -0.495 e. The first-order valence-corrected chi connectivity index (χ1v) is 11.8. The van der Waals surface area contributed by atoms with E-state index in [9.17, 15) is 8.42 Å². The van der Waals surface area contributed by atoms with E-state index in [4.69, 9.17) is 27.9 Å². The second-order valence-electron chi connectivity index (χ2n) is 7.00. The maximum Gasteiger partial charge on any atom is 0.269 e. The molecule has 10 heteroatoms. The Morgan fingerprint density at radius 3 is 2.62 bits per heavy atom. The molecule has 0 fully saturated rings. The van der Waals surface area contributed by atoms with Gasteiger partial charge in [-0.05, 0) is 42.9 Å². The number of rotatable bonds is 7. The zero-order valence-corrected chi connectivity index (χ0v) is 19.6. The summed E-state index contributed by atoms with van der Waals surface area (Å²) >= 11 is 12.5. The Bertz CT molecular complexity index is 1390. The summed E-state index contributed by atoms with van der Waals surface area (Å²) in [5, 5.41) is 7.92. The molecule has 0 amide bonds. The lowest BCUT2D eigenvalue weighted by molar-refractivity contribution is 0.415. The van der Waals surface area contributed by atoms with Gasteiger partial charge in [-0.2, -0.15) is 0 Å². The molecule has 166 valence electrons. The monoisotopic (exact) mass is 490 g/mol. The SMILES string of the molecule is CNCc1cn(S(=O)(=O)c2cccnc2)c2cc(Nc3cc(OC)c(Cl)cc3Cl)ccc12. The quantitative estimate of drug-likeness (QED) is 0.376. The van der Waals surface area contributed by atoms with Gasteiger partial charge in [-0.15, -0.1) is 0 Å². The van der Waals surface area contributed by atoms with Crippen LogP contribution < -0.4 is 15.4 Å². The van der Waals surface area contributed by atoms with E-state index in [2.05, 4.69) is 15.6 Å². The van der Waals surface area contributed by atoms with Gasteiger partial charge < -0.3 is 15.4 Å². The molecule has 0 aliphatic heterocycles. The first-order valence-electron chi connectivity index (χ1n) is 9.59.